The number of sulfone groups is 1. The quantitative estimate of drug-likeness (QED) is 0.581. The van der Waals surface area contributed by atoms with E-state index in [-0.39, 0.29) is 10.8 Å². The molecule has 0 aromatic heterocycles. The number of carbonyl (C=O) groups excluding carboxylic acids is 1. The molecular weight excluding hydrogens is 386 g/mol. The lowest BCUT2D eigenvalue weighted by Crippen LogP contribution is -2.26. The van der Waals surface area contributed by atoms with Gasteiger partial charge >= 0.3 is 0 Å². The highest BCUT2D eigenvalue weighted by molar-refractivity contribution is 7.90. The van der Waals surface area contributed by atoms with E-state index in [0.717, 1.165) is 34.8 Å². The third-order valence-electron chi connectivity index (χ3n) is 4.73. The molecule has 0 saturated carbocycles. The van der Waals surface area contributed by atoms with Crippen LogP contribution in [0.3, 0.4) is 0 Å². The third kappa shape index (κ3) is 4.77. The van der Waals surface area contributed by atoms with Gasteiger partial charge in [-0.3, -0.25) is 4.79 Å². The fourth-order valence-electron chi connectivity index (χ4n) is 3.20. The first-order valence-electron chi connectivity index (χ1n) is 9.50. The van der Waals surface area contributed by atoms with Crippen LogP contribution in [-0.2, 0) is 16.4 Å². The number of hydrogen-bond acceptors (Lipinski definition) is 4. The molecule has 0 fully saturated rings. The fourth-order valence-corrected chi connectivity index (χ4v) is 3.83. The lowest BCUT2D eigenvalue weighted by molar-refractivity contribution is 0.0784. The molecule has 3 rings (SSSR count). The Balaban J connectivity index is 1.90. The van der Waals surface area contributed by atoms with E-state index in [0.29, 0.717) is 18.7 Å². The number of fused-ring (bicyclic) bond motifs is 1. The first-order valence-corrected chi connectivity index (χ1v) is 11.4. The van der Waals surface area contributed by atoms with Crippen molar-refractivity contribution in [1.29, 1.82) is 0 Å². The predicted octanol–water partition coefficient (Wildman–Crippen LogP) is 4.30. The first kappa shape index (κ1) is 20.9. The summed E-state index contributed by atoms with van der Waals surface area (Å²) in [6.45, 7) is 3.04. The summed E-state index contributed by atoms with van der Waals surface area (Å²) in [6, 6.07) is 18.0. The maximum atomic E-state index is 12.9. The van der Waals surface area contributed by atoms with Crippen LogP contribution < -0.4 is 4.74 Å². The molecule has 1 amide bonds. The molecule has 3 aromatic carbocycles. The van der Waals surface area contributed by atoms with Crippen molar-refractivity contribution in [3.63, 3.8) is 0 Å². The van der Waals surface area contributed by atoms with Crippen LogP contribution in [-0.4, -0.2) is 39.1 Å². The van der Waals surface area contributed by atoms with Crippen molar-refractivity contribution in [2.24, 2.45) is 0 Å². The monoisotopic (exact) mass is 411 g/mol. The van der Waals surface area contributed by atoms with Gasteiger partial charge in [0.2, 0.25) is 0 Å². The maximum absolute atomic E-state index is 12.9. The number of hydrogen-bond donors (Lipinski definition) is 0. The molecular formula is C23H25NO4S. The Hall–Kier alpha value is -2.86. The highest BCUT2D eigenvalue weighted by Crippen LogP contribution is 2.29. The summed E-state index contributed by atoms with van der Waals surface area (Å²) in [5, 5.41) is 2.14. The molecule has 0 aliphatic carbocycles. The van der Waals surface area contributed by atoms with Crippen LogP contribution in [0, 0.1) is 0 Å². The second-order valence-corrected chi connectivity index (χ2v) is 9.09. The summed E-state index contributed by atoms with van der Waals surface area (Å²) < 4.78 is 29.2. The van der Waals surface area contributed by atoms with Gasteiger partial charge < -0.3 is 9.64 Å². The zero-order chi connectivity index (χ0) is 21.0. The van der Waals surface area contributed by atoms with E-state index in [1.165, 1.54) is 12.1 Å². The smallest absolute Gasteiger partial charge is 0.253 e. The largest absolute Gasteiger partial charge is 0.493 e. The van der Waals surface area contributed by atoms with E-state index >= 15 is 0 Å². The van der Waals surface area contributed by atoms with E-state index in [1.807, 2.05) is 36.4 Å². The van der Waals surface area contributed by atoms with Crippen molar-refractivity contribution in [3.8, 4) is 5.75 Å². The Kier molecular flexibility index (Phi) is 6.23. The average molecular weight is 412 g/mol. The van der Waals surface area contributed by atoms with Gasteiger partial charge in [0.15, 0.2) is 9.84 Å². The van der Waals surface area contributed by atoms with Crippen LogP contribution in [0.5, 0.6) is 5.75 Å². The second kappa shape index (κ2) is 8.66. The summed E-state index contributed by atoms with van der Waals surface area (Å²) in [7, 11) is -1.56. The van der Waals surface area contributed by atoms with Crippen LogP contribution in [0.25, 0.3) is 10.8 Å². The number of benzene rings is 3. The molecule has 5 nitrogen and oxygen atoms in total. The molecule has 152 valence electrons. The Bertz CT molecular complexity index is 1120. The van der Waals surface area contributed by atoms with Gasteiger partial charge in [0.05, 0.1) is 11.5 Å². The van der Waals surface area contributed by atoms with Crippen LogP contribution >= 0.6 is 0 Å². The zero-order valence-corrected chi connectivity index (χ0v) is 17.7. The molecule has 0 heterocycles. The lowest BCUT2D eigenvalue weighted by Gasteiger charge is -2.21. The maximum Gasteiger partial charge on any atom is 0.253 e. The zero-order valence-electron chi connectivity index (χ0n) is 16.9. The van der Waals surface area contributed by atoms with Gasteiger partial charge in [0, 0.05) is 31.0 Å². The minimum atomic E-state index is -3.29. The summed E-state index contributed by atoms with van der Waals surface area (Å²) in [5.41, 5.74) is 1.40. The van der Waals surface area contributed by atoms with E-state index < -0.39 is 9.84 Å². The standard InChI is InChI=1S/C23H25NO4S/c1-4-15-28-22-14-11-17-7-5-6-8-20(17)21(22)16-24(2)23(25)18-9-12-19(13-10-18)29(3,26)27/h5-14H,4,15-16H2,1-3H3. The molecule has 0 atom stereocenters. The summed E-state index contributed by atoms with van der Waals surface area (Å²) in [5.74, 6) is 0.594. The Labute approximate surface area is 171 Å². The number of amides is 1. The van der Waals surface area contributed by atoms with Gasteiger partial charge in [0.25, 0.3) is 5.91 Å². The number of carbonyl (C=O) groups is 1. The van der Waals surface area contributed by atoms with Crippen molar-refractivity contribution >= 4 is 26.5 Å². The molecule has 3 aromatic rings. The number of ether oxygens (including phenoxy) is 1. The predicted molar refractivity (Wildman–Crippen MR) is 115 cm³/mol. The van der Waals surface area contributed by atoms with Crippen LogP contribution in [0.1, 0.15) is 29.3 Å². The van der Waals surface area contributed by atoms with E-state index in [2.05, 4.69) is 6.92 Å². The van der Waals surface area contributed by atoms with Gasteiger partial charge in [-0.05, 0) is 47.5 Å². The second-order valence-electron chi connectivity index (χ2n) is 7.07. The average Bonchev–Trinajstić information content (AvgIpc) is 2.72. The van der Waals surface area contributed by atoms with Gasteiger partial charge in [0.1, 0.15) is 5.75 Å². The summed E-state index contributed by atoms with van der Waals surface area (Å²) in [6.07, 6.45) is 2.04. The van der Waals surface area contributed by atoms with Crippen molar-refractivity contribution in [3.05, 3.63) is 71.8 Å². The topological polar surface area (TPSA) is 63.7 Å². The Morgan fingerprint density at radius 3 is 2.34 bits per heavy atom. The summed E-state index contributed by atoms with van der Waals surface area (Å²) in [4.78, 5) is 14.7. The van der Waals surface area contributed by atoms with Crippen molar-refractivity contribution in [1.82, 2.24) is 4.90 Å². The first-order chi connectivity index (χ1) is 13.8. The Morgan fingerprint density at radius 1 is 1.00 bits per heavy atom. The molecule has 0 bridgehead atoms. The van der Waals surface area contributed by atoms with Crippen LogP contribution in [0.2, 0.25) is 0 Å². The lowest BCUT2D eigenvalue weighted by atomic mass is 10.0. The molecule has 6 heteroatoms. The van der Waals surface area contributed by atoms with Crippen molar-refractivity contribution < 1.29 is 17.9 Å². The minimum Gasteiger partial charge on any atom is -0.493 e. The van der Waals surface area contributed by atoms with Crippen LogP contribution in [0.4, 0.5) is 0 Å². The molecule has 0 aliphatic heterocycles. The van der Waals surface area contributed by atoms with Gasteiger partial charge in [-0.1, -0.05) is 37.3 Å². The molecule has 0 aliphatic rings. The van der Waals surface area contributed by atoms with E-state index in [9.17, 15) is 13.2 Å². The highest BCUT2D eigenvalue weighted by Gasteiger charge is 2.17. The highest BCUT2D eigenvalue weighted by atomic mass is 32.2. The molecule has 0 unspecified atom stereocenters. The fraction of sp³-hybridized carbons (Fsp3) is 0.261. The number of rotatable bonds is 7. The number of nitrogens with zero attached hydrogens (tertiary/aromatic N) is 1. The van der Waals surface area contributed by atoms with Gasteiger partial charge in [-0.15, -0.1) is 0 Å². The normalized spacial score (nSPS) is 11.4. The van der Waals surface area contributed by atoms with Gasteiger partial charge in [-0.25, -0.2) is 8.42 Å². The van der Waals surface area contributed by atoms with Crippen molar-refractivity contribution in [2.45, 2.75) is 24.8 Å². The van der Waals surface area contributed by atoms with Gasteiger partial charge in [-0.2, -0.15) is 0 Å². The van der Waals surface area contributed by atoms with E-state index in [4.69, 9.17) is 4.74 Å². The molecule has 0 N–H and O–H groups in total. The van der Waals surface area contributed by atoms with Crippen molar-refractivity contribution in [2.75, 3.05) is 19.9 Å². The SMILES string of the molecule is CCCOc1ccc2ccccc2c1CN(C)C(=O)c1ccc(S(C)(=O)=O)cc1. The minimum absolute atomic E-state index is 0.181. The Morgan fingerprint density at radius 2 is 1.69 bits per heavy atom. The molecule has 0 radical (unpaired) electrons. The molecule has 0 spiro atoms. The summed E-state index contributed by atoms with van der Waals surface area (Å²) >= 11 is 0. The molecule has 29 heavy (non-hydrogen) atoms. The third-order valence-corrected chi connectivity index (χ3v) is 5.86. The van der Waals surface area contributed by atoms with Crippen LogP contribution in [0.15, 0.2) is 65.6 Å². The van der Waals surface area contributed by atoms with E-state index in [1.54, 1.807) is 24.1 Å². The molecule has 0 saturated heterocycles.